The highest BCUT2D eigenvalue weighted by Crippen LogP contribution is 2.31. The number of esters is 1. The minimum Gasteiger partial charge on any atom is -0.496 e. The lowest BCUT2D eigenvalue weighted by molar-refractivity contribution is 0.0597. The molecular weight excluding hydrogens is 252 g/mol. The second-order valence-electron chi connectivity index (χ2n) is 2.78. The molecule has 0 amide bonds. The molecule has 0 atom stereocenters. The Bertz CT molecular complexity index is 455. The van der Waals surface area contributed by atoms with E-state index in [-0.39, 0.29) is 5.56 Å². The van der Waals surface area contributed by atoms with Gasteiger partial charge in [-0.1, -0.05) is 13.8 Å². The van der Waals surface area contributed by atoms with Crippen LogP contribution < -0.4 is 10.5 Å². The first kappa shape index (κ1) is 16.1. The normalized spacial score (nSPS) is 8.61. The van der Waals surface area contributed by atoms with Crippen molar-refractivity contribution >= 4 is 23.4 Å². The van der Waals surface area contributed by atoms with Crippen LogP contribution in [0, 0.1) is 10.7 Å². The van der Waals surface area contributed by atoms with Gasteiger partial charge in [-0.3, -0.25) is 0 Å². The monoisotopic (exact) mass is 268 g/mol. The van der Waals surface area contributed by atoms with Crippen molar-refractivity contribution in [3.63, 3.8) is 0 Å². The van der Waals surface area contributed by atoms with Crippen LogP contribution in [0.5, 0.6) is 5.75 Å². The predicted molar refractivity (Wildman–Crippen MR) is 71.6 cm³/mol. The topological polar surface area (TPSA) is 85.3 Å². The number of nitrogens with two attached hydrogens (primary N) is 1. The highest BCUT2D eigenvalue weighted by Gasteiger charge is 2.16. The molecule has 0 aromatic heterocycles. The first-order valence-corrected chi connectivity index (χ1v) is 6.07. The van der Waals surface area contributed by atoms with E-state index in [1.54, 1.807) is 0 Å². The van der Waals surface area contributed by atoms with E-state index in [0.717, 1.165) is 11.8 Å². The second kappa shape index (κ2) is 8.25. The van der Waals surface area contributed by atoms with Gasteiger partial charge >= 0.3 is 5.97 Å². The molecule has 0 heterocycles. The summed E-state index contributed by atoms with van der Waals surface area (Å²) in [6.07, 6.45) is 0. The molecule has 18 heavy (non-hydrogen) atoms. The van der Waals surface area contributed by atoms with Crippen molar-refractivity contribution in [3.8, 4) is 11.2 Å². The summed E-state index contributed by atoms with van der Waals surface area (Å²) in [6, 6.07) is 2.97. The van der Waals surface area contributed by atoms with Gasteiger partial charge in [0.2, 0.25) is 0 Å². The number of thiocyanates is 1. The van der Waals surface area contributed by atoms with Crippen LogP contribution in [0.4, 0.5) is 5.69 Å². The van der Waals surface area contributed by atoms with Gasteiger partial charge in [0.25, 0.3) is 0 Å². The zero-order chi connectivity index (χ0) is 14.1. The van der Waals surface area contributed by atoms with Crippen LogP contribution in [0.1, 0.15) is 24.2 Å². The summed E-state index contributed by atoms with van der Waals surface area (Å²) in [5.74, 6) is -0.205. The molecule has 0 aliphatic rings. The number of methoxy groups -OCH3 is 2. The van der Waals surface area contributed by atoms with Crippen LogP contribution in [0.25, 0.3) is 0 Å². The maximum atomic E-state index is 11.4. The molecule has 6 heteroatoms. The number of hydrogen-bond acceptors (Lipinski definition) is 6. The van der Waals surface area contributed by atoms with E-state index < -0.39 is 5.97 Å². The highest BCUT2D eigenvalue weighted by molar-refractivity contribution is 8.03. The van der Waals surface area contributed by atoms with Gasteiger partial charge in [0, 0.05) is 11.0 Å². The third-order valence-electron chi connectivity index (χ3n) is 1.89. The van der Waals surface area contributed by atoms with Gasteiger partial charge in [-0.2, -0.15) is 5.26 Å². The first-order valence-electron chi connectivity index (χ1n) is 5.25. The number of anilines is 1. The van der Waals surface area contributed by atoms with Gasteiger partial charge in [0.05, 0.1) is 19.9 Å². The number of thioether (sulfide) groups is 1. The fraction of sp³-hybridized carbons (Fsp3) is 0.333. The van der Waals surface area contributed by atoms with Crippen molar-refractivity contribution in [2.45, 2.75) is 18.7 Å². The Morgan fingerprint density at radius 3 is 2.44 bits per heavy atom. The number of ether oxygens (including phenoxy) is 2. The molecule has 0 fully saturated rings. The number of hydrogen-bond donors (Lipinski definition) is 1. The largest absolute Gasteiger partial charge is 0.496 e. The number of rotatable bonds is 3. The summed E-state index contributed by atoms with van der Waals surface area (Å²) in [5, 5.41) is 10.5. The summed E-state index contributed by atoms with van der Waals surface area (Å²) in [7, 11) is 2.70. The minimum absolute atomic E-state index is 0.247. The number of carbonyl (C=O) groups excluding carboxylic acids is 1. The summed E-state index contributed by atoms with van der Waals surface area (Å²) in [6.45, 7) is 4.00. The van der Waals surface area contributed by atoms with E-state index in [1.165, 1.54) is 26.4 Å². The molecule has 2 N–H and O–H groups in total. The number of nitrogens with zero attached hydrogens (tertiary/aromatic N) is 1. The fourth-order valence-electron chi connectivity index (χ4n) is 1.15. The summed E-state index contributed by atoms with van der Waals surface area (Å²) < 4.78 is 9.61. The Kier molecular flexibility index (Phi) is 7.40. The lowest BCUT2D eigenvalue weighted by Gasteiger charge is -2.09. The minimum atomic E-state index is -0.531. The second-order valence-corrected chi connectivity index (χ2v) is 3.60. The van der Waals surface area contributed by atoms with E-state index >= 15 is 0 Å². The number of carbonyl (C=O) groups is 1. The van der Waals surface area contributed by atoms with E-state index in [1.807, 2.05) is 19.2 Å². The van der Waals surface area contributed by atoms with Crippen LogP contribution in [-0.2, 0) is 4.74 Å². The zero-order valence-corrected chi connectivity index (χ0v) is 11.6. The molecule has 0 radical (unpaired) electrons. The van der Waals surface area contributed by atoms with Crippen molar-refractivity contribution in [1.29, 1.82) is 5.26 Å². The van der Waals surface area contributed by atoms with Crippen molar-refractivity contribution in [1.82, 2.24) is 0 Å². The van der Waals surface area contributed by atoms with Gasteiger partial charge in [0.15, 0.2) is 0 Å². The Morgan fingerprint density at radius 2 is 2.00 bits per heavy atom. The maximum Gasteiger partial charge on any atom is 0.341 e. The van der Waals surface area contributed by atoms with Crippen molar-refractivity contribution < 1.29 is 14.3 Å². The standard InChI is InChI=1S/C10H10N2O3S.C2H6/c1-14-8-4-7(12)9(16-5-11)3-6(8)10(13)15-2;1-2/h3-4H,12H2,1-2H3;1-2H3. The van der Waals surface area contributed by atoms with E-state index in [4.69, 9.17) is 15.7 Å². The lowest BCUT2D eigenvalue weighted by Crippen LogP contribution is -2.05. The third kappa shape index (κ3) is 3.86. The smallest absolute Gasteiger partial charge is 0.341 e. The van der Waals surface area contributed by atoms with Crippen LogP contribution in [0.2, 0.25) is 0 Å². The van der Waals surface area contributed by atoms with Gasteiger partial charge in [-0.25, -0.2) is 4.79 Å². The summed E-state index contributed by atoms with van der Waals surface area (Å²) in [4.78, 5) is 11.9. The van der Waals surface area contributed by atoms with Crippen LogP contribution in [0.15, 0.2) is 17.0 Å². The molecule has 1 aromatic rings. The maximum absolute atomic E-state index is 11.4. The number of nitrogen functional groups attached to an aromatic ring is 1. The summed E-state index contributed by atoms with van der Waals surface area (Å²) >= 11 is 0.880. The molecule has 98 valence electrons. The van der Waals surface area contributed by atoms with Crippen molar-refractivity contribution in [3.05, 3.63) is 17.7 Å². The molecule has 1 aromatic carbocycles. The Morgan fingerprint density at radius 1 is 1.39 bits per heavy atom. The molecule has 0 saturated heterocycles. The van der Waals surface area contributed by atoms with Crippen LogP contribution in [0.3, 0.4) is 0 Å². The van der Waals surface area contributed by atoms with Gasteiger partial charge in [-0.05, 0) is 17.8 Å². The van der Waals surface area contributed by atoms with Crippen LogP contribution in [-0.4, -0.2) is 20.2 Å². The Balaban J connectivity index is 0.00000137. The van der Waals surface area contributed by atoms with Crippen molar-refractivity contribution in [2.75, 3.05) is 20.0 Å². The summed E-state index contributed by atoms with van der Waals surface area (Å²) in [5.41, 5.74) is 6.32. The molecule has 0 aliphatic heterocycles. The molecule has 0 saturated carbocycles. The van der Waals surface area contributed by atoms with E-state index in [9.17, 15) is 4.79 Å². The van der Waals surface area contributed by atoms with Gasteiger partial charge in [-0.15, -0.1) is 0 Å². The Labute approximate surface area is 111 Å². The SMILES string of the molecule is CC.COC(=O)c1cc(SC#N)c(N)cc1OC. The molecule has 0 bridgehead atoms. The quantitative estimate of drug-likeness (QED) is 0.392. The predicted octanol–water partition coefficient (Wildman–Crippen LogP) is 2.66. The Hall–Kier alpha value is -1.87. The molecule has 1 rings (SSSR count). The molecule has 0 aliphatic carbocycles. The van der Waals surface area contributed by atoms with Crippen molar-refractivity contribution in [2.24, 2.45) is 0 Å². The van der Waals surface area contributed by atoms with Gasteiger partial charge < -0.3 is 15.2 Å². The van der Waals surface area contributed by atoms with E-state index in [0.29, 0.717) is 16.3 Å². The zero-order valence-electron chi connectivity index (χ0n) is 10.8. The third-order valence-corrected chi connectivity index (χ3v) is 2.56. The molecule has 0 spiro atoms. The van der Waals surface area contributed by atoms with Gasteiger partial charge in [0.1, 0.15) is 16.7 Å². The average molecular weight is 268 g/mol. The lowest BCUT2D eigenvalue weighted by atomic mass is 10.2. The van der Waals surface area contributed by atoms with E-state index in [2.05, 4.69) is 4.74 Å². The molecule has 5 nitrogen and oxygen atoms in total. The highest BCUT2D eigenvalue weighted by atomic mass is 32.2. The average Bonchev–Trinajstić information content (AvgIpc) is 2.42. The molecular formula is C12H16N2O3S. The number of benzene rings is 1. The fourth-order valence-corrected chi connectivity index (χ4v) is 1.60. The van der Waals surface area contributed by atoms with Crippen LogP contribution >= 0.6 is 11.8 Å². The first-order chi connectivity index (χ1) is 8.63. The number of nitriles is 1. The molecule has 0 unspecified atom stereocenters.